The van der Waals surface area contributed by atoms with Crippen LogP contribution in [0, 0.1) is 0 Å². The Morgan fingerprint density at radius 3 is 2.00 bits per heavy atom. The third-order valence-corrected chi connectivity index (χ3v) is 12.9. The van der Waals surface area contributed by atoms with Crippen molar-refractivity contribution in [3.63, 3.8) is 0 Å². The van der Waals surface area contributed by atoms with Gasteiger partial charge in [0, 0.05) is 0 Å². The second-order valence-electron chi connectivity index (χ2n) is 4.54. The van der Waals surface area contributed by atoms with Crippen molar-refractivity contribution in [2.75, 3.05) is 13.2 Å². The Labute approximate surface area is 152 Å². The van der Waals surface area contributed by atoms with Crippen LogP contribution < -0.4 is 3.61 Å². The summed E-state index contributed by atoms with van der Waals surface area (Å²) in [4.78, 5) is 1.10. The van der Waals surface area contributed by atoms with Crippen molar-refractivity contribution in [1.82, 2.24) is 0 Å². The van der Waals surface area contributed by atoms with Crippen LogP contribution in [0.4, 0.5) is 0 Å². The molecule has 0 fully saturated rings. The molecular formula is C17H21O3PSTe. The molecule has 0 aliphatic heterocycles. The zero-order chi connectivity index (χ0) is 16.5. The van der Waals surface area contributed by atoms with Gasteiger partial charge in [0.2, 0.25) is 0 Å². The Morgan fingerprint density at radius 1 is 0.957 bits per heavy atom. The summed E-state index contributed by atoms with van der Waals surface area (Å²) >= 11 is 0.873. The van der Waals surface area contributed by atoms with Crippen molar-refractivity contribution >= 4 is 43.9 Å². The van der Waals surface area contributed by atoms with E-state index in [1.165, 1.54) is 3.61 Å². The summed E-state index contributed by atoms with van der Waals surface area (Å²) < 4.78 is 25.6. The van der Waals surface area contributed by atoms with Gasteiger partial charge in [0.25, 0.3) is 0 Å². The van der Waals surface area contributed by atoms with Crippen LogP contribution in [0.25, 0.3) is 0 Å². The molecular weight excluding hydrogens is 443 g/mol. The normalized spacial score (nSPS) is 13.0. The van der Waals surface area contributed by atoms with Gasteiger partial charge in [-0.1, -0.05) is 0 Å². The first-order chi connectivity index (χ1) is 11.2. The van der Waals surface area contributed by atoms with Crippen molar-refractivity contribution in [2.45, 2.75) is 21.8 Å². The fraction of sp³-hybridized carbons (Fsp3) is 0.294. The Balaban J connectivity index is 2.27. The van der Waals surface area contributed by atoms with Crippen molar-refractivity contribution in [3.8, 4) is 0 Å². The molecule has 23 heavy (non-hydrogen) atoms. The van der Waals surface area contributed by atoms with Gasteiger partial charge in [-0.2, -0.15) is 0 Å². The molecule has 124 valence electrons. The van der Waals surface area contributed by atoms with E-state index in [-0.39, 0.29) is 3.04 Å². The van der Waals surface area contributed by atoms with Crippen LogP contribution in [-0.2, 0) is 13.6 Å². The predicted molar refractivity (Wildman–Crippen MR) is 98.8 cm³/mol. The van der Waals surface area contributed by atoms with E-state index in [0.29, 0.717) is 13.2 Å². The van der Waals surface area contributed by atoms with Crippen LogP contribution in [0.1, 0.15) is 13.8 Å². The van der Waals surface area contributed by atoms with E-state index >= 15 is 0 Å². The second kappa shape index (κ2) is 9.89. The minimum atomic E-state index is -3.14. The second-order valence-corrected chi connectivity index (χ2v) is 13.6. The molecule has 0 spiro atoms. The zero-order valence-electron chi connectivity index (χ0n) is 13.3. The summed E-state index contributed by atoms with van der Waals surface area (Å²) in [7, 11) is -3.14. The van der Waals surface area contributed by atoms with Crippen LogP contribution in [0.5, 0.6) is 0 Å². The molecule has 2 aromatic carbocycles. The third-order valence-electron chi connectivity index (χ3n) is 2.84. The van der Waals surface area contributed by atoms with E-state index in [9.17, 15) is 4.57 Å². The summed E-state index contributed by atoms with van der Waals surface area (Å²) in [6.45, 7) is 4.51. The van der Waals surface area contributed by atoms with Crippen molar-refractivity contribution < 1.29 is 13.6 Å². The maximum atomic E-state index is 13.3. The molecule has 1 unspecified atom stereocenters. The Bertz CT molecular complexity index is 573. The van der Waals surface area contributed by atoms with Crippen LogP contribution in [0.2, 0.25) is 0 Å². The van der Waals surface area contributed by atoms with E-state index in [0.717, 1.165) is 4.90 Å². The van der Waals surface area contributed by atoms with Crippen molar-refractivity contribution in [1.29, 1.82) is 0 Å². The van der Waals surface area contributed by atoms with Crippen molar-refractivity contribution in [3.05, 3.63) is 60.7 Å². The van der Waals surface area contributed by atoms with Crippen LogP contribution in [-0.4, -0.2) is 37.2 Å². The number of rotatable bonds is 9. The fourth-order valence-corrected chi connectivity index (χ4v) is 11.5. The minimum absolute atomic E-state index is 0.141. The molecule has 6 heteroatoms. The topological polar surface area (TPSA) is 35.5 Å². The zero-order valence-corrected chi connectivity index (χ0v) is 17.3. The maximum absolute atomic E-state index is 13.3. The summed E-state index contributed by atoms with van der Waals surface area (Å²) in [6.07, 6.45) is 0. The monoisotopic (exact) mass is 466 g/mol. The van der Waals surface area contributed by atoms with Gasteiger partial charge in [-0.05, 0) is 0 Å². The van der Waals surface area contributed by atoms with E-state index < -0.39 is 28.5 Å². The van der Waals surface area contributed by atoms with Crippen LogP contribution >= 0.6 is 19.4 Å². The molecule has 3 nitrogen and oxygen atoms in total. The van der Waals surface area contributed by atoms with Gasteiger partial charge in [-0.3, -0.25) is 0 Å². The van der Waals surface area contributed by atoms with E-state index in [4.69, 9.17) is 9.05 Å². The SMILES string of the molecule is CCOP(=O)(OCC)C(Sc1ccccc1)[Te]c1ccccc1. The first-order valence-electron chi connectivity index (χ1n) is 7.50. The summed E-state index contributed by atoms with van der Waals surface area (Å²) in [5, 5.41) is 0. The van der Waals surface area contributed by atoms with Crippen molar-refractivity contribution in [2.24, 2.45) is 0 Å². The average Bonchev–Trinajstić information content (AvgIpc) is 2.57. The van der Waals surface area contributed by atoms with Gasteiger partial charge in [-0.25, -0.2) is 0 Å². The Hall–Kier alpha value is -0.270. The quantitative estimate of drug-likeness (QED) is 0.314. The molecule has 2 rings (SSSR count). The predicted octanol–water partition coefficient (Wildman–Crippen LogP) is 4.36. The standard InChI is InChI=1S/C17H21O3PSTe/c1-3-19-21(18,20-4-2)17(22-15-11-7-5-8-12-15)23-16-13-9-6-10-14-16/h5-14,17H,3-4H2,1-2H3. The van der Waals surface area contributed by atoms with Gasteiger partial charge in [0.1, 0.15) is 0 Å². The molecule has 0 radical (unpaired) electrons. The molecule has 0 bridgehead atoms. The molecule has 0 amide bonds. The first kappa shape index (κ1) is 19.1. The molecule has 0 N–H and O–H groups in total. The molecule has 0 aliphatic carbocycles. The van der Waals surface area contributed by atoms with Gasteiger partial charge in [-0.15, -0.1) is 0 Å². The molecule has 0 aromatic heterocycles. The summed E-state index contributed by atoms with van der Waals surface area (Å²) in [6, 6.07) is 20.3. The Kier molecular flexibility index (Phi) is 8.19. The molecule has 1 atom stereocenters. The average molecular weight is 464 g/mol. The van der Waals surface area contributed by atoms with E-state index in [2.05, 4.69) is 12.1 Å². The summed E-state index contributed by atoms with van der Waals surface area (Å²) in [5.41, 5.74) is 0. The van der Waals surface area contributed by atoms with E-state index in [1.807, 2.05) is 62.4 Å². The summed E-state index contributed by atoms with van der Waals surface area (Å²) in [5.74, 6) is 0. The molecule has 0 aliphatic rings. The molecule has 0 saturated carbocycles. The number of benzene rings is 2. The van der Waals surface area contributed by atoms with E-state index in [1.54, 1.807) is 11.8 Å². The van der Waals surface area contributed by atoms with Gasteiger partial charge in [0.15, 0.2) is 0 Å². The first-order valence-corrected chi connectivity index (χ1v) is 12.5. The Morgan fingerprint density at radius 2 is 1.48 bits per heavy atom. The molecule has 0 saturated heterocycles. The molecule has 2 aromatic rings. The number of hydrogen-bond donors (Lipinski definition) is 0. The third kappa shape index (κ3) is 5.94. The van der Waals surface area contributed by atoms with Gasteiger partial charge < -0.3 is 0 Å². The van der Waals surface area contributed by atoms with Gasteiger partial charge in [0.05, 0.1) is 0 Å². The van der Waals surface area contributed by atoms with Crippen LogP contribution in [0.15, 0.2) is 65.6 Å². The molecule has 0 heterocycles. The van der Waals surface area contributed by atoms with Gasteiger partial charge >= 0.3 is 153 Å². The fourth-order valence-electron chi connectivity index (χ4n) is 1.90. The number of hydrogen-bond acceptors (Lipinski definition) is 4. The number of thioether (sulfide) groups is 1. The van der Waals surface area contributed by atoms with Crippen LogP contribution in [0.3, 0.4) is 0 Å².